The number of amides is 1. The smallest absolute Gasteiger partial charge is 0.328 e. The molecule has 0 spiro atoms. The van der Waals surface area contributed by atoms with Crippen molar-refractivity contribution in [1.82, 2.24) is 9.62 Å². The first-order chi connectivity index (χ1) is 12.9. The van der Waals surface area contributed by atoms with Crippen molar-refractivity contribution in [3.05, 3.63) is 29.8 Å². The number of sulfonamides is 1. The maximum absolute atomic E-state index is 13.1. The van der Waals surface area contributed by atoms with Crippen molar-refractivity contribution in [1.29, 1.82) is 0 Å². The maximum Gasteiger partial charge on any atom is 0.328 e. The highest BCUT2D eigenvalue weighted by Crippen LogP contribution is 2.26. The zero-order chi connectivity index (χ0) is 21.1. The van der Waals surface area contributed by atoms with Crippen molar-refractivity contribution >= 4 is 21.9 Å². The number of benzene rings is 1. The van der Waals surface area contributed by atoms with Gasteiger partial charge in [0, 0.05) is 6.54 Å². The van der Waals surface area contributed by atoms with Gasteiger partial charge in [0.25, 0.3) is 0 Å². The Morgan fingerprint density at radius 2 is 1.79 bits per heavy atom. The van der Waals surface area contributed by atoms with Gasteiger partial charge in [-0.3, -0.25) is 4.79 Å². The van der Waals surface area contributed by atoms with Gasteiger partial charge in [0.05, 0.1) is 4.90 Å². The number of ether oxygens (including phenoxy) is 1. The minimum Gasteiger partial charge on any atom is -0.458 e. The van der Waals surface area contributed by atoms with Gasteiger partial charge in [-0.05, 0) is 59.6 Å². The summed E-state index contributed by atoms with van der Waals surface area (Å²) in [4.78, 5) is 25.1. The molecule has 0 aromatic heterocycles. The molecule has 1 amide bonds. The summed E-state index contributed by atoms with van der Waals surface area (Å²) in [6.45, 7) is 8.93. The van der Waals surface area contributed by atoms with E-state index in [1.54, 1.807) is 45.0 Å². The molecule has 0 saturated carbocycles. The Morgan fingerprint density at radius 3 is 2.36 bits per heavy atom. The number of hydrogen-bond acceptors (Lipinski definition) is 5. The van der Waals surface area contributed by atoms with Crippen molar-refractivity contribution < 1.29 is 22.7 Å². The van der Waals surface area contributed by atoms with Gasteiger partial charge in [0.1, 0.15) is 17.7 Å². The molecule has 1 aliphatic rings. The third-order valence-electron chi connectivity index (χ3n) is 4.50. The van der Waals surface area contributed by atoms with Crippen LogP contribution in [-0.2, 0) is 24.3 Å². The summed E-state index contributed by atoms with van der Waals surface area (Å²) in [7, 11) is -3.80. The van der Waals surface area contributed by atoms with Crippen LogP contribution in [0.5, 0.6) is 0 Å². The van der Waals surface area contributed by atoms with Gasteiger partial charge in [0.2, 0.25) is 15.9 Å². The molecule has 1 aromatic carbocycles. The highest BCUT2D eigenvalue weighted by atomic mass is 32.2. The fraction of sp³-hybridized carbons (Fsp3) is 0.600. The molecule has 1 N–H and O–H groups in total. The largest absolute Gasteiger partial charge is 0.458 e. The molecule has 1 heterocycles. The van der Waals surface area contributed by atoms with Gasteiger partial charge < -0.3 is 10.1 Å². The summed E-state index contributed by atoms with van der Waals surface area (Å²) in [6.07, 6.45) is 1.85. The predicted molar refractivity (Wildman–Crippen MR) is 106 cm³/mol. The zero-order valence-electron chi connectivity index (χ0n) is 17.2. The van der Waals surface area contributed by atoms with Crippen LogP contribution >= 0.6 is 0 Å². The van der Waals surface area contributed by atoms with E-state index >= 15 is 0 Å². The number of carbonyl (C=O) groups is 2. The Hall–Kier alpha value is -1.93. The average Bonchev–Trinajstić information content (AvgIpc) is 2.60. The van der Waals surface area contributed by atoms with Gasteiger partial charge in [-0.1, -0.05) is 24.1 Å². The van der Waals surface area contributed by atoms with E-state index in [0.29, 0.717) is 12.8 Å². The van der Waals surface area contributed by atoms with Crippen molar-refractivity contribution in [3.63, 3.8) is 0 Å². The lowest BCUT2D eigenvalue weighted by atomic mass is 10.0. The quantitative estimate of drug-likeness (QED) is 0.753. The average molecular weight is 411 g/mol. The van der Waals surface area contributed by atoms with Crippen LogP contribution in [0.4, 0.5) is 0 Å². The molecular formula is C20H30N2O5S. The number of esters is 1. The second kappa shape index (κ2) is 8.61. The second-order valence-electron chi connectivity index (χ2n) is 8.20. The van der Waals surface area contributed by atoms with E-state index < -0.39 is 39.6 Å². The van der Waals surface area contributed by atoms with Crippen LogP contribution in [0.1, 0.15) is 52.5 Å². The fourth-order valence-electron chi connectivity index (χ4n) is 3.06. The number of carbonyl (C=O) groups excluding carboxylic acids is 2. The molecule has 1 aliphatic heterocycles. The van der Waals surface area contributed by atoms with E-state index in [9.17, 15) is 18.0 Å². The fourth-order valence-corrected chi connectivity index (χ4v) is 4.72. The molecule has 2 unspecified atom stereocenters. The number of nitrogens with zero attached hydrogens (tertiary/aromatic N) is 1. The van der Waals surface area contributed by atoms with Crippen LogP contribution < -0.4 is 5.32 Å². The van der Waals surface area contributed by atoms with Gasteiger partial charge in [-0.2, -0.15) is 4.31 Å². The summed E-state index contributed by atoms with van der Waals surface area (Å²) in [5.41, 5.74) is 0.292. The molecule has 8 heteroatoms. The highest BCUT2D eigenvalue weighted by Gasteiger charge is 2.38. The van der Waals surface area contributed by atoms with E-state index in [4.69, 9.17) is 4.74 Å². The normalized spacial score (nSPS) is 19.7. The molecule has 1 aromatic rings. The van der Waals surface area contributed by atoms with Crippen LogP contribution in [0.25, 0.3) is 0 Å². The van der Waals surface area contributed by atoms with Crippen molar-refractivity contribution in [2.75, 3.05) is 6.54 Å². The number of rotatable bonds is 5. The maximum atomic E-state index is 13.1. The lowest BCUT2D eigenvalue weighted by Gasteiger charge is -2.34. The van der Waals surface area contributed by atoms with Crippen molar-refractivity contribution in [2.45, 2.75) is 76.5 Å². The SMILES string of the molecule is Cc1ccc(S(=O)(=O)N2CCCCC2C(=O)NC(C)C(=O)OC(C)(C)C)cc1. The Morgan fingerprint density at radius 1 is 1.18 bits per heavy atom. The number of nitrogens with one attached hydrogen (secondary N) is 1. The van der Waals surface area contributed by atoms with E-state index in [0.717, 1.165) is 12.0 Å². The van der Waals surface area contributed by atoms with Gasteiger partial charge >= 0.3 is 5.97 Å². The first kappa shape index (κ1) is 22.4. The summed E-state index contributed by atoms with van der Waals surface area (Å²) >= 11 is 0. The lowest BCUT2D eigenvalue weighted by Crippen LogP contribution is -2.54. The first-order valence-electron chi connectivity index (χ1n) is 9.53. The molecule has 2 rings (SSSR count). The zero-order valence-corrected chi connectivity index (χ0v) is 18.0. The number of hydrogen-bond donors (Lipinski definition) is 1. The van der Waals surface area contributed by atoms with Crippen LogP contribution in [0, 0.1) is 6.92 Å². The van der Waals surface area contributed by atoms with Crippen molar-refractivity contribution in [2.24, 2.45) is 0 Å². The molecule has 2 atom stereocenters. The molecule has 1 fully saturated rings. The van der Waals surface area contributed by atoms with E-state index in [1.807, 2.05) is 6.92 Å². The highest BCUT2D eigenvalue weighted by molar-refractivity contribution is 7.89. The topological polar surface area (TPSA) is 92.8 Å². The van der Waals surface area contributed by atoms with Crippen LogP contribution in [0.15, 0.2) is 29.2 Å². The third kappa shape index (κ3) is 5.54. The van der Waals surface area contributed by atoms with Crippen LogP contribution in [0.3, 0.4) is 0 Å². The van der Waals surface area contributed by atoms with Crippen molar-refractivity contribution in [3.8, 4) is 0 Å². The minimum atomic E-state index is -3.80. The Kier molecular flexibility index (Phi) is 6.88. The molecule has 28 heavy (non-hydrogen) atoms. The lowest BCUT2D eigenvalue weighted by molar-refractivity contribution is -0.158. The number of piperidine rings is 1. The summed E-state index contributed by atoms with van der Waals surface area (Å²) < 4.78 is 32.7. The summed E-state index contributed by atoms with van der Waals surface area (Å²) in [6, 6.07) is 4.87. The standard InChI is InChI=1S/C20H30N2O5S/c1-14-9-11-16(12-10-14)28(25,26)22-13-7-6-8-17(22)18(23)21-15(2)19(24)27-20(3,4)5/h9-12,15,17H,6-8,13H2,1-5H3,(H,21,23). The summed E-state index contributed by atoms with van der Waals surface area (Å²) in [5, 5.41) is 2.62. The third-order valence-corrected chi connectivity index (χ3v) is 6.43. The predicted octanol–water partition coefficient (Wildman–Crippen LogP) is 2.38. The molecule has 0 radical (unpaired) electrons. The van der Waals surface area contributed by atoms with Crippen LogP contribution in [-0.4, -0.2) is 48.8 Å². The molecule has 156 valence electrons. The second-order valence-corrected chi connectivity index (χ2v) is 10.1. The molecule has 0 bridgehead atoms. The Balaban J connectivity index is 2.17. The van der Waals surface area contributed by atoms with Gasteiger partial charge in [-0.15, -0.1) is 0 Å². The molecule has 1 saturated heterocycles. The Bertz CT molecular complexity index is 812. The molecular weight excluding hydrogens is 380 g/mol. The Labute approximate surface area is 167 Å². The minimum absolute atomic E-state index is 0.165. The first-order valence-corrected chi connectivity index (χ1v) is 11.0. The molecule has 0 aliphatic carbocycles. The number of aryl methyl sites for hydroxylation is 1. The van der Waals surface area contributed by atoms with E-state index in [-0.39, 0.29) is 11.4 Å². The van der Waals surface area contributed by atoms with Gasteiger partial charge in [0.15, 0.2) is 0 Å². The molecule has 7 nitrogen and oxygen atoms in total. The monoisotopic (exact) mass is 410 g/mol. The van der Waals surface area contributed by atoms with Crippen LogP contribution in [0.2, 0.25) is 0 Å². The van der Waals surface area contributed by atoms with Gasteiger partial charge in [-0.25, -0.2) is 13.2 Å². The van der Waals surface area contributed by atoms with E-state index in [1.165, 1.54) is 11.2 Å². The van der Waals surface area contributed by atoms with E-state index in [2.05, 4.69) is 5.32 Å². The summed E-state index contributed by atoms with van der Waals surface area (Å²) in [5.74, 6) is -1.03.